The number of aromatic nitrogens is 4. The van der Waals surface area contributed by atoms with E-state index in [1.807, 2.05) is 31.5 Å². The van der Waals surface area contributed by atoms with Gasteiger partial charge >= 0.3 is 0 Å². The van der Waals surface area contributed by atoms with Gasteiger partial charge in [-0.15, -0.1) is 10.2 Å². The largest absolute Gasteiger partial charge is 0.367 e. The molecule has 0 radical (unpaired) electrons. The van der Waals surface area contributed by atoms with Crippen molar-refractivity contribution >= 4 is 43.8 Å². The highest BCUT2D eigenvalue weighted by Gasteiger charge is 2.26. The molecule has 1 fully saturated rings. The normalized spacial score (nSPS) is 21.3. The van der Waals surface area contributed by atoms with Crippen LogP contribution in [0.5, 0.6) is 0 Å². The van der Waals surface area contributed by atoms with Gasteiger partial charge in [0.1, 0.15) is 15.9 Å². The SMILES string of the molecule is Cc1nnc(-c2cnc(-c3cccc(C4=CC(C)N=C4)c3)nc2N[C@H]2CC[C@@H](CC(=N)S(C)(=O)=O)CC2)s1. The van der Waals surface area contributed by atoms with Crippen LogP contribution < -0.4 is 5.32 Å². The molecule has 9 nitrogen and oxygen atoms in total. The van der Waals surface area contributed by atoms with Gasteiger partial charge in [-0.2, -0.15) is 0 Å². The molecule has 5 rings (SSSR count). The highest BCUT2D eigenvalue weighted by Crippen LogP contribution is 2.34. The molecule has 2 aromatic heterocycles. The van der Waals surface area contributed by atoms with Gasteiger partial charge in [0.25, 0.3) is 0 Å². The fourth-order valence-corrected chi connectivity index (χ4v) is 6.10. The average molecular weight is 550 g/mol. The molecule has 38 heavy (non-hydrogen) atoms. The number of hydrogen-bond acceptors (Lipinski definition) is 10. The molecule has 3 aromatic rings. The Bertz CT molecular complexity index is 1520. The summed E-state index contributed by atoms with van der Waals surface area (Å²) in [5.41, 5.74) is 3.91. The van der Waals surface area contributed by atoms with Crippen molar-refractivity contribution in [3.05, 3.63) is 47.1 Å². The Kier molecular flexibility index (Phi) is 7.49. The van der Waals surface area contributed by atoms with Crippen LogP contribution in [0.4, 0.5) is 5.82 Å². The lowest BCUT2D eigenvalue weighted by atomic mass is 9.84. The summed E-state index contributed by atoms with van der Waals surface area (Å²) >= 11 is 1.50. The Morgan fingerprint density at radius 2 is 1.92 bits per heavy atom. The summed E-state index contributed by atoms with van der Waals surface area (Å²) in [6.07, 6.45) is 10.8. The van der Waals surface area contributed by atoms with Crippen molar-refractivity contribution < 1.29 is 8.42 Å². The molecule has 198 valence electrons. The van der Waals surface area contributed by atoms with E-state index in [2.05, 4.69) is 45.6 Å². The summed E-state index contributed by atoms with van der Waals surface area (Å²) in [5, 5.41) is 21.5. The van der Waals surface area contributed by atoms with E-state index >= 15 is 0 Å². The molecule has 0 amide bonds. The maximum atomic E-state index is 11.7. The van der Waals surface area contributed by atoms with Crippen molar-refractivity contribution in [2.45, 2.75) is 58.0 Å². The number of sulfone groups is 1. The molecule has 2 aliphatic rings. The lowest BCUT2D eigenvalue weighted by molar-refractivity contribution is 0.346. The first kappa shape index (κ1) is 26.3. The second-order valence-electron chi connectivity index (χ2n) is 10.1. The topological polar surface area (TPSA) is 134 Å². The molecule has 1 unspecified atom stereocenters. The Balaban J connectivity index is 1.38. The molecule has 1 aliphatic carbocycles. The van der Waals surface area contributed by atoms with Gasteiger partial charge in [-0.05, 0) is 62.7 Å². The van der Waals surface area contributed by atoms with E-state index in [4.69, 9.17) is 15.4 Å². The molecular formula is C27H31N7O2S2. The van der Waals surface area contributed by atoms with Gasteiger partial charge in [-0.1, -0.05) is 35.6 Å². The molecule has 0 spiro atoms. The first-order valence-electron chi connectivity index (χ1n) is 12.7. The predicted molar refractivity (Wildman–Crippen MR) is 154 cm³/mol. The monoisotopic (exact) mass is 549 g/mol. The van der Waals surface area contributed by atoms with Crippen LogP contribution in [-0.4, -0.2) is 58.2 Å². The number of nitrogens with one attached hydrogen (secondary N) is 2. The summed E-state index contributed by atoms with van der Waals surface area (Å²) in [7, 11) is -3.41. The number of benzene rings is 1. The minimum Gasteiger partial charge on any atom is -0.367 e. The Morgan fingerprint density at radius 3 is 2.58 bits per heavy atom. The number of nitrogens with zero attached hydrogens (tertiary/aromatic N) is 5. The second kappa shape index (κ2) is 10.8. The van der Waals surface area contributed by atoms with Crippen LogP contribution in [0.2, 0.25) is 0 Å². The number of aryl methyl sites for hydroxylation is 1. The third kappa shape index (κ3) is 6.05. The standard InChI is InChI=1S/C27H31N7O2S2/c1-16-11-21(14-29-16)19-5-4-6-20(13-19)25-30-15-23(27-34-33-17(2)37-27)26(32-25)31-22-9-7-18(8-10-22)12-24(28)38(3,35)36/h4-6,11,13-16,18,22,28H,7-10,12H2,1-3H3,(H,30,31,32)/t16?,18-,22+. The zero-order chi connectivity index (χ0) is 26.9. The fraction of sp³-hybridized carbons (Fsp3) is 0.407. The van der Waals surface area contributed by atoms with Crippen molar-refractivity contribution in [2.75, 3.05) is 11.6 Å². The molecule has 11 heteroatoms. The van der Waals surface area contributed by atoms with Gasteiger partial charge in [0.15, 0.2) is 20.7 Å². The zero-order valence-corrected chi connectivity index (χ0v) is 23.3. The van der Waals surface area contributed by atoms with Gasteiger partial charge < -0.3 is 5.32 Å². The van der Waals surface area contributed by atoms with Gasteiger partial charge in [-0.3, -0.25) is 10.4 Å². The lowest BCUT2D eigenvalue weighted by Crippen LogP contribution is -2.28. The van der Waals surface area contributed by atoms with Crippen LogP contribution in [-0.2, 0) is 9.84 Å². The molecule has 0 saturated heterocycles. The quantitative estimate of drug-likeness (QED) is 0.305. The molecule has 1 aromatic carbocycles. The Morgan fingerprint density at radius 1 is 1.16 bits per heavy atom. The summed E-state index contributed by atoms with van der Waals surface area (Å²) in [6, 6.07) is 8.54. The number of hydrogen-bond donors (Lipinski definition) is 2. The maximum Gasteiger partial charge on any atom is 0.188 e. The van der Waals surface area contributed by atoms with E-state index in [1.165, 1.54) is 11.3 Å². The van der Waals surface area contributed by atoms with Gasteiger partial charge in [0.2, 0.25) is 0 Å². The fourth-order valence-electron chi connectivity index (χ4n) is 4.86. The number of allylic oxidation sites excluding steroid dienone is 1. The molecule has 0 bridgehead atoms. The average Bonchev–Trinajstić information content (AvgIpc) is 3.53. The van der Waals surface area contributed by atoms with Crippen LogP contribution in [0.1, 0.15) is 49.6 Å². The molecule has 1 atom stereocenters. The summed E-state index contributed by atoms with van der Waals surface area (Å²) in [5.74, 6) is 1.55. The van der Waals surface area contributed by atoms with Crippen molar-refractivity contribution in [3.8, 4) is 22.0 Å². The van der Waals surface area contributed by atoms with E-state index in [1.54, 1.807) is 0 Å². The molecule has 2 N–H and O–H groups in total. The second-order valence-corrected chi connectivity index (χ2v) is 13.3. The summed E-state index contributed by atoms with van der Waals surface area (Å²) in [6.45, 7) is 3.98. The third-order valence-corrected chi connectivity index (χ3v) is 8.91. The highest BCUT2D eigenvalue weighted by atomic mass is 32.2. The number of anilines is 1. The zero-order valence-electron chi connectivity index (χ0n) is 21.7. The minimum atomic E-state index is -3.41. The molecule has 1 aliphatic heterocycles. The van der Waals surface area contributed by atoms with E-state index in [9.17, 15) is 8.42 Å². The Hall–Kier alpha value is -3.31. The Labute approximate surface area is 227 Å². The number of aliphatic imine (C=N–C) groups is 1. The predicted octanol–water partition coefficient (Wildman–Crippen LogP) is 5.21. The summed E-state index contributed by atoms with van der Waals surface area (Å²) < 4.78 is 23.3. The van der Waals surface area contributed by atoms with E-state index in [-0.39, 0.29) is 23.0 Å². The van der Waals surface area contributed by atoms with Gasteiger partial charge in [0, 0.05) is 36.7 Å². The van der Waals surface area contributed by atoms with Crippen LogP contribution in [0.15, 0.2) is 41.5 Å². The summed E-state index contributed by atoms with van der Waals surface area (Å²) in [4.78, 5) is 14.1. The van der Waals surface area contributed by atoms with E-state index < -0.39 is 9.84 Å². The molecule has 1 saturated carbocycles. The molecular weight excluding hydrogens is 518 g/mol. The van der Waals surface area contributed by atoms with Crippen molar-refractivity contribution in [1.29, 1.82) is 5.41 Å². The minimum absolute atomic E-state index is 0.167. The highest BCUT2D eigenvalue weighted by molar-refractivity contribution is 8.05. The first-order chi connectivity index (χ1) is 18.2. The van der Waals surface area contributed by atoms with E-state index in [0.29, 0.717) is 12.2 Å². The molecule has 3 heterocycles. The van der Waals surface area contributed by atoms with Crippen LogP contribution in [0.25, 0.3) is 27.5 Å². The van der Waals surface area contributed by atoms with E-state index in [0.717, 1.165) is 70.0 Å². The van der Waals surface area contributed by atoms with Crippen molar-refractivity contribution in [2.24, 2.45) is 10.9 Å². The van der Waals surface area contributed by atoms with Crippen molar-refractivity contribution in [3.63, 3.8) is 0 Å². The van der Waals surface area contributed by atoms with Crippen LogP contribution in [0.3, 0.4) is 0 Å². The lowest BCUT2D eigenvalue weighted by Gasteiger charge is -2.29. The van der Waals surface area contributed by atoms with Gasteiger partial charge in [0.05, 0.1) is 11.6 Å². The van der Waals surface area contributed by atoms with Crippen molar-refractivity contribution in [1.82, 2.24) is 20.2 Å². The van der Waals surface area contributed by atoms with Gasteiger partial charge in [-0.25, -0.2) is 18.4 Å². The van der Waals surface area contributed by atoms with Crippen LogP contribution in [0, 0.1) is 18.3 Å². The third-order valence-electron chi connectivity index (χ3n) is 6.98. The maximum absolute atomic E-state index is 11.7. The smallest absolute Gasteiger partial charge is 0.188 e. The first-order valence-corrected chi connectivity index (χ1v) is 15.4. The van der Waals surface area contributed by atoms with Crippen LogP contribution >= 0.6 is 11.3 Å². The number of rotatable bonds is 7.